The number of rotatable bonds is 3. The SMILES string of the molecule is CCn1c(CC(C)O)cc2cccc(Cl)c21. The number of aryl methyl sites for hydroxylation is 1. The van der Waals surface area contributed by atoms with Crippen LogP contribution in [0.1, 0.15) is 19.5 Å². The van der Waals surface area contributed by atoms with Crippen LogP contribution in [0.2, 0.25) is 5.02 Å². The molecule has 0 spiro atoms. The Kier molecular flexibility index (Phi) is 3.22. The van der Waals surface area contributed by atoms with Crippen LogP contribution in [0, 0.1) is 0 Å². The van der Waals surface area contributed by atoms with E-state index in [1.54, 1.807) is 6.92 Å². The van der Waals surface area contributed by atoms with E-state index in [0.717, 1.165) is 28.2 Å². The van der Waals surface area contributed by atoms with Crippen molar-refractivity contribution in [2.75, 3.05) is 0 Å². The lowest BCUT2D eigenvalue weighted by Crippen LogP contribution is -2.09. The average molecular weight is 238 g/mol. The lowest BCUT2D eigenvalue weighted by Gasteiger charge is -2.10. The summed E-state index contributed by atoms with van der Waals surface area (Å²) in [4.78, 5) is 0. The van der Waals surface area contributed by atoms with Crippen molar-refractivity contribution in [1.82, 2.24) is 4.57 Å². The van der Waals surface area contributed by atoms with Crippen LogP contribution < -0.4 is 0 Å². The van der Waals surface area contributed by atoms with E-state index < -0.39 is 0 Å². The zero-order valence-corrected chi connectivity index (χ0v) is 10.3. The molecule has 1 aromatic carbocycles. The van der Waals surface area contributed by atoms with Crippen molar-refractivity contribution in [1.29, 1.82) is 0 Å². The molecule has 0 fully saturated rings. The first kappa shape index (κ1) is 11.5. The Morgan fingerprint density at radius 2 is 2.19 bits per heavy atom. The molecule has 0 aliphatic rings. The largest absolute Gasteiger partial charge is 0.393 e. The molecule has 1 unspecified atom stereocenters. The van der Waals surface area contributed by atoms with Crippen LogP contribution in [0.3, 0.4) is 0 Å². The van der Waals surface area contributed by atoms with Gasteiger partial charge in [0.15, 0.2) is 0 Å². The second kappa shape index (κ2) is 4.48. The van der Waals surface area contributed by atoms with Gasteiger partial charge in [-0.1, -0.05) is 23.7 Å². The third-order valence-corrected chi connectivity index (χ3v) is 3.08. The predicted octanol–water partition coefficient (Wildman–Crippen LogP) is 3.24. The number of aliphatic hydroxyl groups excluding tert-OH is 1. The summed E-state index contributed by atoms with van der Waals surface area (Å²) in [5.74, 6) is 0. The summed E-state index contributed by atoms with van der Waals surface area (Å²) in [5.41, 5.74) is 2.21. The topological polar surface area (TPSA) is 25.2 Å². The number of aromatic nitrogens is 1. The fourth-order valence-corrected chi connectivity index (χ4v) is 2.45. The minimum Gasteiger partial charge on any atom is -0.393 e. The normalized spacial score (nSPS) is 13.2. The molecule has 1 atom stereocenters. The van der Waals surface area contributed by atoms with Crippen LogP contribution in [0.4, 0.5) is 0 Å². The molecule has 0 aliphatic carbocycles. The van der Waals surface area contributed by atoms with Crippen molar-refractivity contribution in [3.05, 3.63) is 35.0 Å². The van der Waals surface area contributed by atoms with Crippen molar-refractivity contribution in [2.24, 2.45) is 0 Å². The van der Waals surface area contributed by atoms with Gasteiger partial charge < -0.3 is 9.67 Å². The monoisotopic (exact) mass is 237 g/mol. The Balaban J connectivity index is 2.62. The highest BCUT2D eigenvalue weighted by molar-refractivity contribution is 6.35. The number of hydrogen-bond acceptors (Lipinski definition) is 1. The molecule has 1 aromatic heterocycles. The van der Waals surface area contributed by atoms with Crippen molar-refractivity contribution >= 4 is 22.5 Å². The summed E-state index contributed by atoms with van der Waals surface area (Å²) < 4.78 is 2.17. The van der Waals surface area contributed by atoms with E-state index in [1.165, 1.54) is 0 Å². The first-order valence-electron chi connectivity index (χ1n) is 5.58. The minimum atomic E-state index is -0.326. The van der Waals surface area contributed by atoms with Crippen LogP contribution in [0.25, 0.3) is 10.9 Å². The lowest BCUT2D eigenvalue weighted by molar-refractivity contribution is 0.193. The number of para-hydroxylation sites is 1. The molecule has 86 valence electrons. The van der Waals surface area contributed by atoms with E-state index >= 15 is 0 Å². The van der Waals surface area contributed by atoms with Crippen molar-refractivity contribution in [3.8, 4) is 0 Å². The molecule has 16 heavy (non-hydrogen) atoms. The molecule has 0 radical (unpaired) electrons. The smallest absolute Gasteiger partial charge is 0.0671 e. The molecular weight excluding hydrogens is 222 g/mol. The van der Waals surface area contributed by atoms with Gasteiger partial charge in [-0.2, -0.15) is 0 Å². The number of fused-ring (bicyclic) bond motifs is 1. The van der Waals surface area contributed by atoms with E-state index in [-0.39, 0.29) is 6.10 Å². The summed E-state index contributed by atoms with van der Waals surface area (Å²) in [7, 11) is 0. The van der Waals surface area contributed by atoms with Crippen LogP contribution in [-0.4, -0.2) is 15.8 Å². The predicted molar refractivity (Wildman–Crippen MR) is 68.0 cm³/mol. The molecule has 0 saturated heterocycles. The second-order valence-electron chi connectivity index (χ2n) is 4.11. The van der Waals surface area contributed by atoms with Crippen LogP contribution in [-0.2, 0) is 13.0 Å². The van der Waals surface area contributed by atoms with E-state index in [0.29, 0.717) is 6.42 Å². The van der Waals surface area contributed by atoms with Crippen LogP contribution in [0.15, 0.2) is 24.3 Å². The van der Waals surface area contributed by atoms with Gasteiger partial charge in [0.25, 0.3) is 0 Å². The standard InChI is InChI=1S/C13H16ClNO/c1-3-15-11(7-9(2)16)8-10-5-4-6-12(14)13(10)15/h4-6,8-9,16H,3,7H2,1-2H3. The molecule has 1 N–H and O–H groups in total. The van der Waals surface area contributed by atoms with Gasteiger partial charge in [-0.15, -0.1) is 0 Å². The Morgan fingerprint density at radius 3 is 2.81 bits per heavy atom. The quantitative estimate of drug-likeness (QED) is 0.871. The van der Waals surface area contributed by atoms with Gasteiger partial charge in [-0.3, -0.25) is 0 Å². The van der Waals surface area contributed by atoms with E-state index in [9.17, 15) is 5.11 Å². The Bertz CT molecular complexity index is 502. The molecule has 2 nitrogen and oxygen atoms in total. The van der Waals surface area contributed by atoms with Crippen molar-refractivity contribution in [2.45, 2.75) is 32.9 Å². The Labute approximate surface area is 100 Å². The van der Waals surface area contributed by atoms with E-state index in [1.807, 2.05) is 12.1 Å². The first-order chi connectivity index (χ1) is 7.63. The maximum atomic E-state index is 9.47. The summed E-state index contributed by atoms with van der Waals surface area (Å²) in [6.07, 6.45) is 0.340. The number of aliphatic hydroxyl groups is 1. The fraction of sp³-hybridized carbons (Fsp3) is 0.385. The highest BCUT2D eigenvalue weighted by Crippen LogP contribution is 2.27. The second-order valence-corrected chi connectivity index (χ2v) is 4.52. The molecule has 0 aliphatic heterocycles. The zero-order chi connectivity index (χ0) is 11.7. The van der Waals surface area contributed by atoms with Gasteiger partial charge in [0.1, 0.15) is 0 Å². The summed E-state index contributed by atoms with van der Waals surface area (Å²) >= 11 is 6.21. The van der Waals surface area contributed by atoms with Gasteiger partial charge >= 0.3 is 0 Å². The van der Waals surface area contributed by atoms with E-state index in [4.69, 9.17) is 11.6 Å². The molecule has 0 bridgehead atoms. The highest BCUT2D eigenvalue weighted by atomic mass is 35.5. The summed E-state index contributed by atoms with van der Waals surface area (Å²) in [6, 6.07) is 8.02. The molecule has 2 rings (SSSR count). The van der Waals surface area contributed by atoms with Crippen molar-refractivity contribution in [3.63, 3.8) is 0 Å². The zero-order valence-electron chi connectivity index (χ0n) is 9.57. The maximum Gasteiger partial charge on any atom is 0.0671 e. The third kappa shape index (κ3) is 1.95. The molecule has 2 aromatic rings. The fourth-order valence-electron chi connectivity index (χ4n) is 2.17. The highest BCUT2D eigenvalue weighted by Gasteiger charge is 2.11. The number of halogens is 1. The molecule has 3 heteroatoms. The van der Waals surface area contributed by atoms with Gasteiger partial charge in [0.2, 0.25) is 0 Å². The van der Waals surface area contributed by atoms with Crippen LogP contribution >= 0.6 is 11.6 Å². The lowest BCUT2D eigenvalue weighted by atomic mass is 10.2. The number of hydrogen-bond donors (Lipinski definition) is 1. The average Bonchev–Trinajstić information content (AvgIpc) is 2.55. The van der Waals surface area contributed by atoms with Gasteiger partial charge in [0.05, 0.1) is 16.6 Å². The van der Waals surface area contributed by atoms with E-state index in [2.05, 4.69) is 23.6 Å². The van der Waals surface area contributed by atoms with Crippen molar-refractivity contribution < 1.29 is 5.11 Å². The minimum absolute atomic E-state index is 0.326. The molecule has 0 amide bonds. The third-order valence-electron chi connectivity index (χ3n) is 2.78. The number of benzene rings is 1. The maximum absolute atomic E-state index is 9.47. The Morgan fingerprint density at radius 1 is 1.44 bits per heavy atom. The van der Waals surface area contributed by atoms with Crippen LogP contribution in [0.5, 0.6) is 0 Å². The molecular formula is C13H16ClNO. The summed E-state index contributed by atoms with van der Waals surface area (Å²) in [5, 5.41) is 11.4. The molecule has 0 saturated carbocycles. The number of nitrogens with zero attached hydrogens (tertiary/aromatic N) is 1. The van der Waals surface area contributed by atoms with Gasteiger partial charge in [0, 0.05) is 24.0 Å². The summed E-state index contributed by atoms with van der Waals surface area (Å²) in [6.45, 7) is 4.77. The van der Waals surface area contributed by atoms with Gasteiger partial charge in [-0.25, -0.2) is 0 Å². The Hall–Kier alpha value is -0.990. The molecule has 1 heterocycles. The first-order valence-corrected chi connectivity index (χ1v) is 5.96. The van der Waals surface area contributed by atoms with Gasteiger partial charge in [-0.05, 0) is 26.0 Å².